The van der Waals surface area contributed by atoms with Gasteiger partial charge in [-0.1, -0.05) is 29.3 Å². The normalized spacial score (nSPS) is 14.4. The molecule has 19 heavy (non-hydrogen) atoms. The fourth-order valence-electron chi connectivity index (χ4n) is 2.12. The lowest BCUT2D eigenvalue weighted by atomic mass is 10.1. The minimum atomic E-state index is 0.157. The second kappa shape index (κ2) is 5.95. The van der Waals surface area contributed by atoms with Crippen molar-refractivity contribution in [2.75, 3.05) is 0 Å². The summed E-state index contributed by atoms with van der Waals surface area (Å²) < 4.78 is 2.01. The van der Waals surface area contributed by atoms with Crippen molar-refractivity contribution in [1.29, 1.82) is 0 Å². The lowest BCUT2D eigenvalue weighted by Crippen LogP contribution is -2.24. The lowest BCUT2D eigenvalue weighted by molar-refractivity contribution is 0.467. The molecule has 2 aromatic rings. The first-order chi connectivity index (χ1) is 8.99. The van der Waals surface area contributed by atoms with Crippen LogP contribution in [0.4, 0.5) is 0 Å². The first-order valence-corrected chi connectivity index (χ1v) is 6.93. The van der Waals surface area contributed by atoms with Crippen molar-refractivity contribution in [2.24, 2.45) is 7.05 Å². The van der Waals surface area contributed by atoms with Gasteiger partial charge in [-0.3, -0.25) is 0 Å². The summed E-state index contributed by atoms with van der Waals surface area (Å²) in [6.07, 6.45) is 3.74. The summed E-state index contributed by atoms with van der Waals surface area (Å²) in [4.78, 5) is 4.35. The molecular weight excluding hydrogens is 281 g/mol. The van der Waals surface area contributed by atoms with Crippen molar-refractivity contribution in [3.8, 4) is 0 Å². The molecule has 2 atom stereocenters. The highest BCUT2D eigenvalue weighted by molar-refractivity contribution is 6.42. The van der Waals surface area contributed by atoms with Crippen LogP contribution in [0.3, 0.4) is 0 Å². The van der Waals surface area contributed by atoms with Gasteiger partial charge in [-0.15, -0.1) is 0 Å². The molecule has 0 spiro atoms. The first kappa shape index (κ1) is 14.4. The fraction of sp³-hybridized carbons (Fsp3) is 0.357. The highest BCUT2D eigenvalue weighted by Gasteiger charge is 2.14. The third-order valence-corrected chi connectivity index (χ3v) is 3.93. The molecule has 0 bridgehead atoms. The van der Waals surface area contributed by atoms with E-state index in [-0.39, 0.29) is 12.1 Å². The predicted molar refractivity (Wildman–Crippen MR) is 79.6 cm³/mol. The Kier molecular flexibility index (Phi) is 4.50. The standard InChI is InChI=1S/C14H17Cl2N3/c1-9(11-4-5-12(15)13(16)8-11)18-10(2)14-17-6-7-19(14)3/h4-10,18H,1-3H3. The summed E-state index contributed by atoms with van der Waals surface area (Å²) in [6, 6.07) is 6.03. The van der Waals surface area contributed by atoms with Crippen molar-refractivity contribution in [1.82, 2.24) is 14.9 Å². The highest BCUT2D eigenvalue weighted by atomic mass is 35.5. The van der Waals surface area contributed by atoms with Gasteiger partial charge in [0.2, 0.25) is 0 Å². The van der Waals surface area contributed by atoms with E-state index >= 15 is 0 Å². The summed E-state index contributed by atoms with van der Waals surface area (Å²) in [7, 11) is 1.99. The zero-order valence-electron chi connectivity index (χ0n) is 11.2. The molecule has 0 radical (unpaired) electrons. The highest BCUT2D eigenvalue weighted by Crippen LogP contribution is 2.26. The van der Waals surface area contributed by atoms with E-state index in [2.05, 4.69) is 24.1 Å². The van der Waals surface area contributed by atoms with Gasteiger partial charge in [-0.2, -0.15) is 0 Å². The third kappa shape index (κ3) is 3.30. The van der Waals surface area contributed by atoms with Gasteiger partial charge in [0.15, 0.2) is 0 Å². The maximum atomic E-state index is 6.04. The van der Waals surface area contributed by atoms with E-state index in [0.717, 1.165) is 11.4 Å². The molecule has 0 aliphatic heterocycles. The Morgan fingerprint density at radius 1 is 1.16 bits per heavy atom. The Labute approximate surface area is 123 Å². The number of rotatable bonds is 4. The van der Waals surface area contributed by atoms with E-state index < -0.39 is 0 Å². The molecule has 0 fully saturated rings. The number of halogens is 2. The molecule has 2 unspecified atom stereocenters. The molecular formula is C14H17Cl2N3. The maximum absolute atomic E-state index is 6.04. The molecule has 0 saturated heterocycles. The average Bonchev–Trinajstić information content (AvgIpc) is 2.79. The molecule has 1 N–H and O–H groups in total. The third-order valence-electron chi connectivity index (χ3n) is 3.19. The summed E-state index contributed by atoms with van der Waals surface area (Å²) in [5.74, 6) is 1.01. The van der Waals surface area contributed by atoms with Gasteiger partial charge in [0.25, 0.3) is 0 Å². The smallest absolute Gasteiger partial charge is 0.125 e. The molecule has 1 aromatic heterocycles. The maximum Gasteiger partial charge on any atom is 0.125 e. The van der Waals surface area contributed by atoms with Gasteiger partial charge in [-0.05, 0) is 31.5 Å². The van der Waals surface area contributed by atoms with E-state index in [0.29, 0.717) is 10.0 Å². The number of aromatic nitrogens is 2. The van der Waals surface area contributed by atoms with E-state index in [4.69, 9.17) is 23.2 Å². The summed E-state index contributed by atoms with van der Waals surface area (Å²) >= 11 is 12.0. The van der Waals surface area contributed by atoms with Crippen LogP contribution < -0.4 is 5.32 Å². The van der Waals surface area contributed by atoms with Crippen LogP contribution in [0.5, 0.6) is 0 Å². The second-order valence-electron chi connectivity index (χ2n) is 4.68. The van der Waals surface area contributed by atoms with Gasteiger partial charge < -0.3 is 9.88 Å². The van der Waals surface area contributed by atoms with Crippen molar-refractivity contribution < 1.29 is 0 Å². The van der Waals surface area contributed by atoms with Crippen LogP contribution in [0.25, 0.3) is 0 Å². The lowest BCUT2D eigenvalue weighted by Gasteiger charge is -2.20. The predicted octanol–water partition coefficient (Wildman–Crippen LogP) is 4.14. The second-order valence-corrected chi connectivity index (χ2v) is 5.49. The van der Waals surface area contributed by atoms with E-state index in [1.165, 1.54) is 0 Å². The SMILES string of the molecule is CC(NC(C)c1nccn1C)c1ccc(Cl)c(Cl)c1. The monoisotopic (exact) mass is 297 g/mol. The minimum Gasteiger partial charge on any atom is -0.337 e. The molecule has 0 saturated carbocycles. The zero-order chi connectivity index (χ0) is 14.0. The van der Waals surface area contributed by atoms with Crippen LogP contribution in [-0.2, 0) is 7.05 Å². The summed E-state index contributed by atoms with van der Waals surface area (Å²) in [6.45, 7) is 4.19. The quantitative estimate of drug-likeness (QED) is 0.919. The molecule has 3 nitrogen and oxygen atoms in total. The van der Waals surface area contributed by atoms with Crippen LogP contribution in [0.2, 0.25) is 10.0 Å². The first-order valence-electron chi connectivity index (χ1n) is 6.17. The fourth-order valence-corrected chi connectivity index (χ4v) is 2.43. The molecule has 0 aliphatic rings. The molecule has 102 valence electrons. The van der Waals surface area contributed by atoms with Gasteiger partial charge in [0, 0.05) is 25.5 Å². The molecule has 5 heteroatoms. The van der Waals surface area contributed by atoms with Crippen molar-refractivity contribution >= 4 is 23.2 Å². The van der Waals surface area contributed by atoms with Gasteiger partial charge >= 0.3 is 0 Å². The topological polar surface area (TPSA) is 29.9 Å². The summed E-state index contributed by atoms with van der Waals surface area (Å²) in [5, 5.41) is 4.66. The number of benzene rings is 1. The van der Waals surface area contributed by atoms with Crippen LogP contribution in [0.1, 0.15) is 37.3 Å². The summed E-state index contributed by atoms with van der Waals surface area (Å²) in [5.41, 5.74) is 1.11. The van der Waals surface area contributed by atoms with Crippen molar-refractivity contribution in [3.05, 3.63) is 52.0 Å². The Morgan fingerprint density at radius 2 is 1.89 bits per heavy atom. The molecule has 2 rings (SSSR count). The van der Waals surface area contributed by atoms with Crippen LogP contribution in [-0.4, -0.2) is 9.55 Å². The van der Waals surface area contributed by atoms with Gasteiger partial charge in [0.1, 0.15) is 5.82 Å². The molecule has 0 aliphatic carbocycles. The van der Waals surface area contributed by atoms with Crippen LogP contribution in [0.15, 0.2) is 30.6 Å². The van der Waals surface area contributed by atoms with Gasteiger partial charge in [0.05, 0.1) is 16.1 Å². The number of nitrogens with one attached hydrogen (secondary N) is 1. The Morgan fingerprint density at radius 3 is 2.47 bits per heavy atom. The Hall–Kier alpha value is -1.03. The van der Waals surface area contributed by atoms with Crippen LogP contribution in [0, 0.1) is 0 Å². The number of aryl methyl sites for hydroxylation is 1. The van der Waals surface area contributed by atoms with E-state index in [9.17, 15) is 0 Å². The minimum absolute atomic E-state index is 0.157. The van der Waals surface area contributed by atoms with Gasteiger partial charge in [-0.25, -0.2) is 4.98 Å². The number of nitrogens with zero attached hydrogens (tertiary/aromatic N) is 2. The zero-order valence-corrected chi connectivity index (χ0v) is 12.7. The van der Waals surface area contributed by atoms with E-state index in [1.54, 1.807) is 6.20 Å². The number of hydrogen-bond donors (Lipinski definition) is 1. The van der Waals surface area contributed by atoms with Crippen LogP contribution >= 0.6 is 23.2 Å². The van der Waals surface area contributed by atoms with E-state index in [1.807, 2.05) is 36.0 Å². The molecule has 1 aromatic carbocycles. The largest absolute Gasteiger partial charge is 0.337 e. The molecule has 1 heterocycles. The van der Waals surface area contributed by atoms with Crippen molar-refractivity contribution in [3.63, 3.8) is 0 Å². The average molecular weight is 298 g/mol. The number of imidazole rings is 1. The van der Waals surface area contributed by atoms with Crippen molar-refractivity contribution in [2.45, 2.75) is 25.9 Å². The Balaban J connectivity index is 2.10. The molecule has 0 amide bonds. The Bertz CT molecular complexity index is 566. The number of hydrogen-bond acceptors (Lipinski definition) is 2.